The highest BCUT2D eigenvalue weighted by Gasteiger charge is 2.27. The summed E-state index contributed by atoms with van der Waals surface area (Å²) in [6.07, 6.45) is 3.16. The van der Waals surface area contributed by atoms with Crippen LogP contribution in [0.15, 0.2) is 18.2 Å². The van der Waals surface area contributed by atoms with E-state index in [9.17, 15) is 13.9 Å². The van der Waals surface area contributed by atoms with Crippen LogP contribution in [-0.2, 0) is 0 Å². The zero-order valence-corrected chi connectivity index (χ0v) is 10.5. The van der Waals surface area contributed by atoms with E-state index in [1.807, 2.05) is 6.92 Å². The minimum atomic E-state index is -0.819. The first-order valence-corrected chi connectivity index (χ1v) is 6.43. The number of nitrogens with one attached hydrogen (secondary N) is 1. The van der Waals surface area contributed by atoms with E-state index in [4.69, 9.17) is 0 Å². The van der Waals surface area contributed by atoms with Crippen molar-refractivity contribution in [3.05, 3.63) is 35.4 Å². The van der Waals surface area contributed by atoms with Gasteiger partial charge in [0.2, 0.25) is 0 Å². The predicted molar refractivity (Wildman–Crippen MR) is 66.1 cm³/mol. The van der Waals surface area contributed by atoms with Gasteiger partial charge in [0.1, 0.15) is 0 Å². The lowest BCUT2D eigenvalue weighted by Crippen LogP contribution is -2.35. The number of hydrogen-bond donors (Lipinski definition) is 2. The van der Waals surface area contributed by atoms with E-state index < -0.39 is 11.6 Å². The van der Waals surface area contributed by atoms with Crippen molar-refractivity contribution < 1.29 is 13.9 Å². The van der Waals surface area contributed by atoms with Gasteiger partial charge in [-0.1, -0.05) is 12.5 Å². The van der Waals surface area contributed by atoms with Crippen LogP contribution in [0.2, 0.25) is 0 Å². The van der Waals surface area contributed by atoms with Crippen molar-refractivity contribution in [1.29, 1.82) is 0 Å². The monoisotopic (exact) mass is 255 g/mol. The molecule has 1 aromatic carbocycles. The Bertz CT molecular complexity index is 411. The molecule has 1 fully saturated rings. The van der Waals surface area contributed by atoms with Gasteiger partial charge in [0.15, 0.2) is 11.6 Å². The van der Waals surface area contributed by atoms with E-state index in [1.165, 1.54) is 6.07 Å². The first-order valence-electron chi connectivity index (χ1n) is 6.43. The average Bonchev–Trinajstić information content (AvgIpc) is 2.79. The van der Waals surface area contributed by atoms with Gasteiger partial charge in [0.05, 0.1) is 0 Å². The molecule has 0 aromatic heterocycles. The molecule has 18 heavy (non-hydrogen) atoms. The van der Waals surface area contributed by atoms with Crippen LogP contribution in [0.4, 0.5) is 8.78 Å². The molecule has 0 heterocycles. The van der Waals surface area contributed by atoms with E-state index in [2.05, 4.69) is 5.32 Å². The largest absolute Gasteiger partial charge is 0.396 e. The molecule has 0 saturated heterocycles. The molecule has 2 nitrogen and oxygen atoms in total. The molecule has 2 N–H and O–H groups in total. The SMILES string of the molecule is CC(NC1CCCC1CO)c1ccc(F)c(F)c1. The molecule has 0 spiro atoms. The maximum absolute atomic E-state index is 13.2. The van der Waals surface area contributed by atoms with E-state index >= 15 is 0 Å². The summed E-state index contributed by atoms with van der Waals surface area (Å²) < 4.78 is 26.0. The van der Waals surface area contributed by atoms with Gasteiger partial charge in [-0.05, 0) is 43.4 Å². The maximum atomic E-state index is 13.2. The quantitative estimate of drug-likeness (QED) is 0.867. The maximum Gasteiger partial charge on any atom is 0.159 e. The van der Waals surface area contributed by atoms with Crippen LogP contribution in [0.25, 0.3) is 0 Å². The fraction of sp³-hybridized carbons (Fsp3) is 0.571. The molecule has 4 heteroatoms. The normalized spacial score (nSPS) is 25.3. The zero-order valence-electron chi connectivity index (χ0n) is 10.5. The van der Waals surface area contributed by atoms with Crippen LogP contribution in [0, 0.1) is 17.6 Å². The summed E-state index contributed by atoms with van der Waals surface area (Å²) in [5.74, 6) is -1.36. The summed E-state index contributed by atoms with van der Waals surface area (Å²) in [5.41, 5.74) is 0.734. The number of benzene rings is 1. The fourth-order valence-corrected chi connectivity index (χ4v) is 2.67. The van der Waals surface area contributed by atoms with Crippen molar-refractivity contribution in [3.63, 3.8) is 0 Å². The lowest BCUT2D eigenvalue weighted by Gasteiger charge is -2.24. The van der Waals surface area contributed by atoms with Gasteiger partial charge in [-0.3, -0.25) is 0 Å². The molecule has 3 unspecified atom stereocenters. The third kappa shape index (κ3) is 2.87. The van der Waals surface area contributed by atoms with Gasteiger partial charge in [-0.2, -0.15) is 0 Å². The van der Waals surface area contributed by atoms with Crippen LogP contribution in [0.1, 0.15) is 37.8 Å². The number of hydrogen-bond acceptors (Lipinski definition) is 2. The van der Waals surface area contributed by atoms with E-state index in [0.717, 1.165) is 30.9 Å². The third-order valence-corrected chi connectivity index (χ3v) is 3.80. The fourth-order valence-electron chi connectivity index (χ4n) is 2.67. The highest BCUT2D eigenvalue weighted by Crippen LogP contribution is 2.27. The summed E-state index contributed by atoms with van der Waals surface area (Å²) in [4.78, 5) is 0. The molecule has 100 valence electrons. The summed E-state index contributed by atoms with van der Waals surface area (Å²) in [5, 5.41) is 12.6. The number of aliphatic hydroxyl groups excluding tert-OH is 1. The Kier molecular flexibility index (Phi) is 4.30. The Morgan fingerprint density at radius 3 is 2.78 bits per heavy atom. The van der Waals surface area contributed by atoms with Crippen LogP contribution >= 0.6 is 0 Å². The number of rotatable bonds is 4. The number of aliphatic hydroxyl groups is 1. The summed E-state index contributed by atoms with van der Waals surface area (Å²) >= 11 is 0. The Morgan fingerprint density at radius 2 is 2.11 bits per heavy atom. The molecule has 1 aliphatic rings. The first-order chi connectivity index (χ1) is 8.61. The Labute approximate surface area is 106 Å². The highest BCUT2D eigenvalue weighted by atomic mass is 19.2. The molecule has 1 aliphatic carbocycles. The van der Waals surface area contributed by atoms with Crippen molar-refractivity contribution in [3.8, 4) is 0 Å². The van der Waals surface area contributed by atoms with E-state index in [-0.39, 0.29) is 24.6 Å². The first kappa shape index (κ1) is 13.4. The van der Waals surface area contributed by atoms with Gasteiger partial charge < -0.3 is 10.4 Å². The average molecular weight is 255 g/mol. The summed E-state index contributed by atoms with van der Waals surface area (Å²) in [6.45, 7) is 2.11. The standard InChI is InChI=1S/C14H19F2NO/c1-9(10-5-6-12(15)13(16)7-10)17-14-4-2-3-11(14)8-18/h5-7,9,11,14,17-18H,2-4,8H2,1H3. The van der Waals surface area contributed by atoms with Crippen LogP contribution in [0.5, 0.6) is 0 Å². The molecule has 0 radical (unpaired) electrons. The second-order valence-corrected chi connectivity index (χ2v) is 5.04. The molecule has 0 amide bonds. The van der Waals surface area contributed by atoms with Crippen molar-refractivity contribution in [2.75, 3.05) is 6.61 Å². The van der Waals surface area contributed by atoms with Gasteiger partial charge >= 0.3 is 0 Å². The van der Waals surface area contributed by atoms with Gasteiger partial charge in [-0.25, -0.2) is 8.78 Å². The summed E-state index contributed by atoms with van der Waals surface area (Å²) in [7, 11) is 0. The van der Waals surface area contributed by atoms with E-state index in [1.54, 1.807) is 6.07 Å². The second-order valence-electron chi connectivity index (χ2n) is 5.04. The topological polar surface area (TPSA) is 32.3 Å². The van der Waals surface area contributed by atoms with Gasteiger partial charge in [0.25, 0.3) is 0 Å². The van der Waals surface area contributed by atoms with Gasteiger partial charge in [-0.15, -0.1) is 0 Å². The Morgan fingerprint density at radius 1 is 1.33 bits per heavy atom. The zero-order chi connectivity index (χ0) is 13.1. The molecule has 0 bridgehead atoms. The minimum Gasteiger partial charge on any atom is -0.396 e. The number of halogens is 2. The van der Waals surface area contributed by atoms with Crippen molar-refractivity contribution in [2.45, 2.75) is 38.3 Å². The molecular weight excluding hydrogens is 236 g/mol. The lowest BCUT2D eigenvalue weighted by molar-refractivity contribution is 0.200. The minimum absolute atomic E-state index is 0.0442. The highest BCUT2D eigenvalue weighted by molar-refractivity contribution is 5.21. The van der Waals surface area contributed by atoms with Crippen molar-refractivity contribution in [2.24, 2.45) is 5.92 Å². The molecule has 1 aromatic rings. The van der Waals surface area contributed by atoms with E-state index in [0.29, 0.717) is 0 Å². The lowest BCUT2D eigenvalue weighted by atomic mass is 10.0. The molecular formula is C14H19F2NO. The molecule has 1 saturated carbocycles. The predicted octanol–water partition coefficient (Wildman–Crippen LogP) is 2.78. The molecule has 3 atom stereocenters. The van der Waals surface area contributed by atoms with Crippen molar-refractivity contribution >= 4 is 0 Å². The third-order valence-electron chi connectivity index (χ3n) is 3.80. The van der Waals surface area contributed by atoms with Crippen molar-refractivity contribution in [1.82, 2.24) is 5.32 Å². The van der Waals surface area contributed by atoms with Crippen LogP contribution < -0.4 is 5.32 Å². The van der Waals surface area contributed by atoms with Crippen LogP contribution in [-0.4, -0.2) is 17.8 Å². The summed E-state index contributed by atoms with van der Waals surface area (Å²) in [6, 6.07) is 4.20. The molecule has 0 aliphatic heterocycles. The van der Waals surface area contributed by atoms with Crippen LogP contribution in [0.3, 0.4) is 0 Å². The Hall–Kier alpha value is -1.00. The smallest absolute Gasteiger partial charge is 0.159 e. The Balaban J connectivity index is 2.02. The molecule has 2 rings (SSSR count). The second kappa shape index (κ2) is 5.76. The van der Waals surface area contributed by atoms with Gasteiger partial charge in [0, 0.05) is 18.7 Å².